The molecule has 0 aromatic carbocycles. The van der Waals surface area contributed by atoms with E-state index in [-0.39, 0.29) is 11.3 Å². The molecule has 0 bridgehead atoms. The van der Waals surface area contributed by atoms with E-state index in [2.05, 4.69) is 9.97 Å². The zero-order valence-electron chi connectivity index (χ0n) is 16.6. The van der Waals surface area contributed by atoms with Crippen molar-refractivity contribution in [3.8, 4) is 0 Å². The van der Waals surface area contributed by atoms with Crippen LogP contribution in [0.25, 0.3) is 0 Å². The molecule has 3 heterocycles. The Morgan fingerprint density at radius 3 is 2.59 bits per heavy atom. The SMILES string of the molecule is Cc1cc(C(=O)N2CCCC3(CCc4cnc(N(C)C)nc43)C2)cc(C)n1. The minimum absolute atomic E-state index is 0.0337. The van der Waals surface area contributed by atoms with Gasteiger partial charge < -0.3 is 9.80 Å². The summed E-state index contributed by atoms with van der Waals surface area (Å²) in [6.45, 7) is 5.42. The van der Waals surface area contributed by atoms with Crippen LogP contribution in [0, 0.1) is 13.8 Å². The van der Waals surface area contributed by atoms with Gasteiger partial charge in [0, 0.05) is 55.7 Å². The zero-order valence-corrected chi connectivity index (χ0v) is 16.6. The van der Waals surface area contributed by atoms with Crippen LogP contribution in [0.1, 0.15) is 52.3 Å². The van der Waals surface area contributed by atoms with Crippen molar-refractivity contribution in [3.63, 3.8) is 0 Å². The number of piperidine rings is 1. The Balaban J connectivity index is 1.64. The lowest BCUT2D eigenvalue weighted by atomic mass is 9.77. The van der Waals surface area contributed by atoms with E-state index in [9.17, 15) is 4.79 Å². The van der Waals surface area contributed by atoms with Crippen molar-refractivity contribution < 1.29 is 4.79 Å². The van der Waals surface area contributed by atoms with Gasteiger partial charge in [0.1, 0.15) is 0 Å². The van der Waals surface area contributed by atoms with E-state index in [0.29, 0.717) is 0 Å². The lowest BCUT2D eigenvalue weighted by molar-refractivity contribution is 0.0633. The first-order valence-electron chi connectivity index (χ1n) is 9.66. The minimum Gasteiger partial charge on any atom is -0.347 e. The molecule has 1 fully saturated rings. The number of hydrogen-bond acceptors (Lipinski definition) is 5. The van der Waals surface area contributed by atoms with Crippen molar-refractivity contribution in [1.29, 1.82) is 0 Å². The van der Waals surface area contributed by atoms with Crippen molar-refractivity contribution in [2.75, 3.05) is 32.1 Å². The number of likely N-dealkylation sites (tertiary alicyclic amines) is 1. The number of aromatic nitrogens is 3. The Labute approximate surface area is 160 Å². The second kappa shape index (κ2) is 6.59. The first kappa shape index (κ1) is 17.9. The quantitative estimate of drug-likeness (QED) is 0.819. The van der Waals surface area contributed by atoms with Gasteiger partial charge in [-0.1, -0.05) is 0 Å². The molecule has 4 rings (SSSR count). The van der Waals surface area contributed by atoms with Gasteiger partial charge in [0.05, 0.1) is 5.69 Å². The minimum atomic E-state index is -0.0337. The number of carbonyl (C=O) groups is 1. The van der Waals surface area contributed by atoms with E-state index in [1.54, 1.807) is 0 Å². The molecule has 1 amide bonds. The predicted molar refractivity (Wildman–Crippen MR) is 105 cm³/mol. The number of aryl methyl sites for hydroxylation is 3. The smallest absolute Gasteiger partial charge is 0.254 e. The van der Waals surface area contributed by atoms with Gasteiger partial charge in [-0.25, -0.2) is 9.97 Å². The van der Waals surface area contributed by atoms with Crippen LogP contribution in [0.3, 0.4) is 0 Å². The van der Waals surface area contributed by atoms with Crippen molar-refractivity contribution in [2.45, 2.75) is 44.9 Å². The molecular formula is C21H27N5O. The zero-order chi connectivity index (χ0) is 19.2. The molecule has 6 nitrogen and oxygen atoms in total. The Morgan fingerprint density at radius 1 is 1.15 bits per heavy atom. The molecule has 1 aliphatic heterocycles. The third kappa shape index (κ3) is 3.17. The van der Waals surface area contributed by atoms with Gasteiger partial charge in [-0.2, -0.15) is 0 Å². The molecule has 1 saturated heterocycles. The van der Waals surface area contributed by atoms with E-state index in [4.69, 9.17) is 4.98 Å². The first-order chi connectivity index (χ1) is 12.9. The Bertz CT molecular complexity index is 870. The molecular weight excluding hydrogens is 338 g/mol. The fourth-order valence-corrected chi connectivity index (χ4v) is 4.59. The summed E-state index contributed by atoms with van der Waals surface area (Å²) in [5.74, 6) is 0.858. The Morgan fingerprint density at radius 2 is 1.89 bits per heavy atom. The summed E-state index contributed by atoms with van der Waals surface area (Å²) < 4.78 is 0. The number of nitrogens with zero attached hydrogens (tertiary/aromatic N) is 5. The van der Waals surface area contributed by atoms with Gasteiger partial charge in [0.15, 0.2) is 0 Å². The van der Waals surface area contributed by atoms with Crippen LogP contribution in [-0.2, 0) is 11.8 Å². The lowest BCUT2D eigenvalue weighted by Gasteiger charge is -2.40. The molecule has 2 aromatic heterocycles. The highest BCUT2D eigenvalue weighted by Crippen LogP contribution is 2.44. The van der Waals surface area contributed by atoms with Crippen molar-refractivity contribution >= 4 is 11.9 Å². The van der Waals surface area contributed by atoms with Gasteiger partial charge in [-0.05, 0) is 57.2 Å². The van der Waals surface area contributed by atoms with Gasteiger partial charge >= 0.3 is 0 Å². The molecule has 0 radical (unpaired) electrons. The molecule has 1 unspecified atom stereocenters. The second-order valence-electron chi connectivity index (χ2n) is 8.19. The van der Waals surface area contributed by atoms with Crippen LogP contribution < -0.4 is 4.90 Å². The molecule has 142 valence electrons. The highest BCUT2D eigenvalue weighted by atomic mass is 16.2. The molecule has 0 N–H and O–H groups in total. The maximum atomic E-state index is 13.2. The first-order valence-corrected chi connectivity index (χ1v) is 9.66. The summed E-state index contributed by atoms with van der Waals surface area (Å²) >= 11 is 0. The summed E-state index contributed by atoms with van der Waals surface area (Å²) in [7, 11) is 3.93. The van der Waals surface area contributed by atoms with Gasteiger partial charge in [0.25, 0.3) is 5.91 Å². The van der Waals surface area contributed by atoms with Gasteiger partial charge in [0.2, 0.25) is 5.95 Å². The number of anilines is 1. The summed E-state index contributed by atoms with van der Waals surface area (Å²) in [6.07, 6.45) is 6.12. The van der Waals surface area contributed by atoms with Crippen LogP contribution >= 0.6 is 0 Å². The van der Waals surface area contributed by atoms with Crippen LogP contribution in [0.15, 0.2) is 18.3 Å². The maximum Gasteiger partial charge on any atom is 0.254 e. The Hall–Kier alpha value is -2.50. The van der Waals surface area contributed by atoms with Gasteiger partial charge in [-0.15, -0.1) is 0 Å². The summed E-state index contributed by atoms with van der Waals surface area (Å²) in [4.78, 5) is 30.9. The standard InChI is InChI=1S/C21H27N5O/c1-14-10-17(11-15(2)23-14)19(27)26-9-5-7-21(13-26)8-6-16-12-22-20(25(3)4)24-18(16)21/h10-12H,5-9,13H2,1-4H3. The maximum absolute atomic E-state index is 13.2. The number of hydrogen-bond donors (Lipinski definition) is 0. The molecule has 2 aliphatic rings. The fourth-order valence-electron chi connectivity index (χ4n) is 4.59. The summed E-state index contributed by atoms with van der Waals surface area (Å²) in [5, 5.41) is 0. The predicted octanol–water partition coefficient (Wildman–Crippen LogP) is 2.67. The fraction of sp³-hybridized carbons (Fsp3) is 0.524. The van der Waals surface area contributed by atoms with Crippen LogP contribution in [0.5, 0.6) is 0 Å². The Kier molecular flexibility index (Phi) is 4.36. The monoisotopic (exact) mass is 365 g/mol. The van der Waals surface area contributed by atoms with E-state index in [1.807, 2.05) is 56.1 Å². The summed E-state index contributed by atoms with van der Waals surface area (Å²) in [6, 6.07) is 3.79. The van der Waals surface area contributed by atoms with E-state index < -0.39 is 0 Å². The lowest BCUT2D eigenvalue weighted by Crippen LogP contribution is -2.48. The number of carbonyl (C=O) groups excluding carboxylic acids is 1. The molecule has 27 heavy (non-hydrogen) atoms. The summed E-state index contributed by atoms with van der Waals surface area (Å²) in [5.41, 5.74) is 4.88. The number of fused-ring (bicyclic) bond motifs is 2. The van der Waals surface area contributed by atoms with Crippen molar-refractivity contribution in [1.82, 2.24) is 19.9 Å². The topological polar surface area (TPSA) is 62.2 Å². The molecule has 0 saturated carbocycles. The molecule has 1 spiro atoms. The highest BCUT2D eigenvalue weighted by Gasteiger charge is 2.45. The van der Waals surface area contributed by atoms with Crippen LogP contribution in [0.2, 0.25) is 0 Å². The molecule has 1 aliphatic carbocycles. The number of rotatable bonds is 2. The normalized spacial score (nSPS) is 21.4. The molecule has 1 atom stereocenters. The molecule has 6 heteroatoms. The van der Waals surface area contributed by atoms with Gasteiger partial charge in [-0.3, -0.25) is 9.78 Å². The third-order valence-corrected chi connectivity index (χ3v) is 5.82. The molecule has 2 aromatic rings. The average Bonchev–Trinajstić information content (AvgIpc) is 2.97. The largest absolute Gasteiger partial charge is 0.347 e. The van der Waals surface area contributed by atoms with E-state index in [0.717, 1.165) is 67.4 Å². The van der Waals surface area contributed by atoms with Crippen LogP contribution in [0.4, 0.5) is 5.95 Å². The second-order valence-corrected chi connectivity index (χ2v) is 8.19. The van der Waals surface area contributed by atoms with E-state index >= 15 is 0 Å². The van der Waals surface area contributed by atoms with E-state index in [1.165, 1.54) is 5.56 Å². The highest BCUT2D eigenvalue weighted by molar-refractivity contribution is 5.94. The third-order valence-electron chi connectivity index (χ3n) is 5.82. The van der Waals surface area contributed by atoms with Crippen molar-refractivity contribution in [3.05, 3.63) is 46.5 Å². The number of amides is 1. The number of pyridine rings is 1. The van der Waals surface area contributed by atoms with Crippen LogP contribution in [-0.4, -0.2) is 52.9 Å². The average molecular weight is 365 g/mol. The van der Waals surface area contributed by atoms with Crippen molar-refractivity contribution in [2.24, 2.45) is 0 Å².